The molecule has 0 unspecified atom stereocenters. The molecule has 0 aliphatic rings. The van der Waals surface area contributed by atoms with Crippen LogP contribution in [0.2, 0.25) is 0 Å². The number of anilines is 2. The van der Waals surface area contributed by atoms with Crippen LogP contribution in [0, 0.1) is 6.92 Å². The first-order valence-electron chi connectivity index (χ1n) is 5.03. The van der Waals surface area contributed by atoms with Gasteiger partial charge in [-0.05, 0) is 24.6 Å². The standard InChI is InChI=1S/C11H11N3O4/c1-5-2-8(16)6(3-7(5)15)11(17)13-10-4-9(12)14-18-10/h2-4,15-16H,1H3,(H2,12,14)(H,13,17). The maximum absolute atomic E-state index is 11.8. The van der Waals surface area contributed by atoms with Crippen molar-refractivity contribution in [3.8, 4) is 11.5 Å². The zero-order valence-electron chi connectivity index (χ0n) is 9.47. The minimum Gasteiger partial charge on any atom is -0.508 e. The molecule has 0 fully saturated rings. The molecular weight excluding hydrogens is 238 g/mol. The van der Waals surface area contributed by atoms with Crippen LogP contribution in [0.5, 0.6) is 11.5 Å². The zero-order valence-corrected chi connectivity index (χ0v) is 9.47. The Kier molecular flexibility index (Phi) is 2.80. The molecule has 1 heterocycles. The highest BCUT2D eigenvalue weighted by Gasteiger charge is 2.15. The number of hydrogen-bond acceptors (Lipinski definition) is 6. The summed E-state index contributed by atoms with van der Waals surface area (Å²) in [6.45, 7) is 1.61. The molecular formula is C11H11N3O4. The predicted octanol–water partition coefficient (Wildman–Crippen LogP) is 1.23. The second-order valence-corrected chi connectivity index (χ2v) is 3.73. The van der Waals surface area contributed by atoms with E-state index in [2.05, 4.69) is 10.5 Å². The number of hydrogen-bond donors (Lipinski definition) is 4. The molecule has 7 nitrogen and oxygen atoms in total. The first-order valence-corrected chi connectivity index (χ1v) is 5.03. The monoisotopic (exact) mass is 249 g/mol. The van der Waals surface area contributed by atoms with Crippen molar-refractivity contribution in [3.63, 3.8) is 0 Å². The number of phenolic OH excluding ortho intramolecular Hbond substituents is 2. The molecule has 5 N–H and O–H groups in total. The molecule has 0 saturated heterocycles. The molecule has 0 spiro atoms. The van der Waals surface area contributed by atoms with Crippen molar-refractivity contribution < 1.29 is 19.5 Å². The van der Waals surface area contributed by atoms with Crippen LogP contribution in [-0.2, 0) is 0 Å². The molecule has 0 aliphatic heterocycles. The van der Waals surface area contributed by atoms with E-state index in [0.717, 1.165) is 0 Å². The normalized spacial score (nSPS) is 10.3. The summed E-state index contributed by atoms with van der Waals surface area (Å²) in [5.41, 5.74) is 5.71. The van der Waals surface area contributed by atoms with E-state index in [1.165, 1.54) is 18.2 Å². The summed E-state index contributed by atoms with van der Waals surface area (Å²) in [7, 11) is 0. The number of benzene rings is 1. The van der Waals surface area contributed by atoms with Gasteiger partial charge in [0.05, 0.1) is 5.56 Å². The largest absolute Gasteiger partial charge is 0.508 e. The van der Waals surface area contributed by atoms with Gasteiger partial charge >= 0.3 is 0 Å². The van der Waals surface area contributed by atoms with Crippen LogP contribution in [0.15, 0.2) is 22.7 Å². The number of carbonyl (C=O) groups is 1. The number of nitrogens with two attached hydrogens (primary N) is 1. The van der Waals surface area contributed by atoms with E-state index in [0.29, 0.717) is 5.56 Å². The Labute approximate surface area is 102 Å². The Morgan fingerprint density at radius 2 is 2.06 bits per heavy atom. The third-order valence-corrected chi connectivity index (χ3v) is 2.32. The van der Waals surface area contributed by atoms with Gasteiger partial charge in [0, 0.05) is 6.07 Å². The fraction of sp³-hybridized carbons (Fsp3) is 0.0909. The maximum Gasteiger partial charge on any atom is 0.261 e. The molecule has 1 aromatic carbocycles. The summed E-state index contributed by atoms with van der Waals surface area (Å²) in [6, 6.07) is 3.78. The molecule has 0 saturated carbocycles. The number of nitrogens with one attached hydrogen (secondary N) is 1. The highest BCUT2D eigenvalue weighted by atomic mass is 16.5. The molecule has 2 rings (SSSR count). The van der Waals surface area contributed by atoms with Crippen molar-refractivity contribution in [2.45, 2.75) is 6.92 Å². The number of aromatic hydroxyl groups is 2. The van der Waals surface area contributed by atoms with E-state index in [1.54, 1.807) is 6.92 Å². The topological polar surface area (TPSA) is 122 Å². The Morgan fingerprint density at radius 3 is 2.67 bits per heavy atom. The SMILES string of the molecule is Cc1cc(O)c(C(=O)Nc2cc(N)no2)cc1O. The van der Waals surface area contributed by atoms with Crippen LogP contribution in [0.1, 0.15) is 15.9 Å². The molecule has 0 radical (unpaired) electrons. The number of aromatic nitrogens is 1. The van der Waals surface area contributed by atoms with E-state index < -0.39 is 5.91 Å². The maximum atomic E-state index is 11.8. The van der Waals surface area contributed by atoms with Crippen molar-refractivity contribution in [2.24, 2.45) is 0 Å². The molecule has 1 aromatic heterocycles. The lowest BCUT2D eigenvalue weighted by atomic mass is 10.1. The molecule has 94 valence electrons. The average Bonchev–Trinajstić information content (AvgIpc) is 2.69. The third kappa shape index (κ3) is 2.19. The van der Waals surface area contributed by atoms with Crippen LogP contribution in [0.3, 0.4) is 0 Å². The van der Waals surface area contributed by atoms with Crippen LogP contribution in [0.25, 0.3) is 0 Å². The minimum absolute atomic E-state index is 0.0527. The molecule has 18 heavy (non-hydrogen) atoms. The second-order valence-electron chi connectivity index (χ2n) is 3.73. The lowest BCUT2D eigenvalue weighted by molar-refractivity contribution is 0.102. The van der Waals surface area contributed by atoms with Gasteiger partial charge in [-0.25, -0.2) is 0 Å². The first kappa shape index (κ1) is 11.8. The van der Waals surface area contributed by atoms with Gasteiger partial charge < -0.3 is 20.5 Å². The molecule has 0 bridgehead atoms. The fourth-order valence-electron chi connectivity index (χ4n) is 1.39. The van der Waals surface area contributed by atoms with Crippen molar-refractivity contribution in [2.75, 3.05) is 11.1 Å². The average molecular weight is 249 g/mol. The van der Waals surface area contributed by atoms with Crippen LogP contribution < -0.4 is 11.1 Å². The smallest absolute Gasteiger partial charge is 0.261 e. The van der Waals surface area contributed by atoms with E-state index in [-0.39, 0.29) is 28.8 Å². The Hall–Kier alpha value is -2.70. The van der Waals surface area contributed by atoms with Gasteiger partial charge in [0.2, 0.25) is 5.88 Å². The number of rotatable bonds is 2. The van der Waals surface area contributed by atoms with E-state index in [1.807, 2.05) is 0 Å². The number of amides is 1. The van der Waals surface area contributed by atoms with Gasteiger partial charge in [-0.1, -0.05) is 5.16 Å². The number of aryl methyl sites for hydroxylation is 1. The van der Waals surface area contributed by atoms with Gasteiger partial charge in [0.25, 0.3) is 5.91 Å². The van der Waals surface area contributed by atoms with Gasteiger partial charge in [-0.3, -0.25) is 10.1 Å². The van der Waals surface area contributed by atoms with Crippen molar-refractivity contribution in [3.05, 3.63) is 29.3 Å². The van der Waals surface area contributed by atoms with Gasteiger partial charge in [-0.15, -0.1) is 0 Å². The first-order chi connectivity index (χ1) is 8.47. The lowest BCUT2D eigenvalue weighted by Crippen LogP contribution is -2.11. The number of nitrogens with zero attached hydrogens (tertiary/aromatic N) is 1. The van der Waals surface area contributed by atoms with Crippen molar-refractivity contribution in [1.82, 2.24) is 5.16 Å². The quantitative estimate of drug-likeness (QED) is 0.594. The van der Waals surface area contributed by atoms with Gasteiger partial charge in [0.1, 0.15) is 11.5 Å². The number of carbonyl (C=O) groups excluding carboxylic acids is 1. The highest BCUT2D eigenvalue weighted by molar-refractivity contribution is 6.05. The van der Waals surface area contributed by atoms with Gasteiger partial charge in [0.15, 0.2) is 5.82 Å². The van der Waals surface area contributed by atoms with Crippen LogP contribution >= 0.6 is 0 Å². The van der Waals surface area contributed by atoms with Crippen LogP contribution in [0.4, 0.5) is 11.7 Å². The summed E-state index contributed by atoms with van der Waals surface area (Å²) in [5, 5.41) is 24.9. The van der Waals surface area contributed by atoms with Gasteiger partial charge in [-0.2, -0.15) is 0 Å². The Balaban J connectivity index is 2.26. The highest BCUT2D eigenvalue weighted by Crippen LogP contribution is 2.27. The Bertz CT molecular complexity index is 606. The Morgan fingerprint density at radius 1 is 1.33 bits per heavy atom. The molecule has 2 aromatic rings. The zero-order chi connectivity index (χ0) is 13.3. The molecule has 0 aliphatic carbocycles. The molecule has 7 heteroatoms. The molecule has 0 atom stereocenters. The fourth-order valence-corrected chi connectivity index (χ4v) is 1.39. The molecule has 1 amide bonds. The predicted molar refractivity (Wildman–Crippen MR) is 63.4 cm³/mol. The second kappa shape index (κ2) is 4.28. The summed E-state index contributed by atoms with van der Waals surface area (Å²) in [5.74, 6) is -0.789. The van der Waals surface area contributed by atoms with E-state index in [4.69, 9.17) is 10.3 Å². The van der Waals surface area contributed by atoms with Crippen molar-refractivity contribution in [1.29, 1.82) is 0 Å². The number of nitrogen functional groups attached to an aromatic ring is 1. The summed E-state index contributed by atoms with van der Waals surface area (Å²) in [6.07, 6.45) is 0. The minimum atomic E-state index is -0.640. The van der Waals surface area contributed by atoms with E-state index in [9.17, 15) is 15.0 Å². The lowest BCUT2D eigenvalue weighted by Gasteiger charge is -2.06. The summed E-state index contributed by atoms with van der Waals surface area (Å²) < 4.78 is 4.70. The number of phenols is 2. The third-order valence-electron chi connectivity index (χ3n) is 2.32. The summed E-state index contributed by atoms with van der Waals surface area (Å²) >= 11 is 0. The van der Waals surface area contributed by atoms with Crippen molar-refractivity contribution >= 4 is 17.6 Å². The summed E-state index contributed by atoms with van der Waals surface area (Å²) in [4.78, 5) is 11.8. The van der Waals surface area contributed by atoms with E-state index >= 15 is 0 Å². The van der Waals surface area contributed by atoms with Crippen LogP contribution in [-0.4, -0.2) is 21.3 Å².